The van der Waals surface area contributed by atoms with Gasteiger partial charge in [-0.15, -0.1) is 11.8 Å². The molecule has 1 aromatic carbocycles. The SMILES string of the molecule is NNOC(=O)CCSc1cccc(Cl)c1. The summed E-state index contributed by atoms with van der Waals surface area (Å²) in [6.07, 6.45) is 0.293. The van der Waals surface area contributed by atoms with E-state index >= 15 is 0 Å². The standard InChI is InChI=1S/C9H11ClN2O2S/c10-7-2-1-3-8(6-7)15-5-4-9(13)14-12-11/h1-3,6,12H,4-5,11H2. The predicted octanol–water partition coefficient (Wildman–Crippen LogP) is 1.74. The number of thioether (sulfide) groups is 1. The molecular formula is C9H11ClN2O2S. The van der Waals surface area contributed by atoms with Crippen molar-refractivity contribution < 1.29 is 9.63 Å². The van der Waals surface area contributed by atoms with Crippen molar-refractivity contribution in [3.63, 3.8) is 0 Å². The first-order chi connectivity index (χ1) is 7.22. The molecular weight excluding hydrogens is 236 g/mol. The molecule has 0 aliphatic heterocycles. The number of hydrogen-bond donors (Lipinski definition) is 2. The van der Waals surface area contributed by atoms with E-state index in [1.807, 2.05) is 23.8 Å². The van der Waals surface area contributed by atoms with Gasteiger partial charge in [-0.1, -0.05) is 23.3 Å². The zero-order chi connectivity index (χ0) is 11.1. The summed E-state index contributed by atoms with van der Waals surface area (Å²) in [6.45, 7) is 0. The van der Waals surface area contributed by atoms with Crippen LogP contribution in [0.4, 0.5) is 0 Å². The van der Waals surface area contributed by atoms with Crippen LogP contribution in [0.3, 0.4) is 0 Å². The average Bonchev–Trinajstić information content (AvgIpc) is 2.18. The van der Waals surface area contributed by atoms with Crippen LogP contribution in [0.15, 0.2) is 29.2 Å². The number of halogens is 1. The fourth-order valence-electron chi connectivity index (χ4n) is 0.926. The van der Waals surface area contributed by atoms with Crippen LogP contribution in [0.1, 0.15) is 6.42 Å². The van der Waals surface area contributed by atoms with E-state index < -0.39 is 0 Å². The molecule has 4 nitrogen and oxygen atoms in total. The maximum absolute atomic E-state index is 10.9. The Labute approximate surface area is 97.0 Å². The summed E-state index contributed by atoms with van der Waals surface area (Å²) >= 11 is 7.34. The van der Waals surface area contributed by atoms with Crippen molar-refractivity contribution in [3.8, 4) is 0 Å². The molecule has 0 bridgehead atoms. The van der Waals surface area contributed by atoms with Gasteiger partial charge in [0.15, 0.2) is 0 Å². The maximum Gasteiger partial charge on any atom is 0.327 e. The van der Waals surface area contributed by atoms with Gasteiger partial charge in [-0.3, -0.25) is 4.79 Å². The molecule has 15 heavy (non-hydrogen) atoms. The molecule has 1 aromatic rings. The lowest BCUT2D eigenvalue weighted by atomic mass is 10.4. The Morgan fingerprint density at radius 1 is 1.60 bits per heavy atom. The normalized spacial score (nSPS) is 10.0. The molecule has 0 heterocycles. The summed E-state index contributed by atoms with van der Waals surface area (Å²) in [4.78, 5) is 16.3. The van der Waals surface area contributed by atoms with Crippen LogP contribution in [0, 0.1) is 0 Å². The smallest absolute Gasteiger partial charge is 0.327 e. The second-order valence-corrected chi connectivity index (χ2v) is 4.25. The number of nitrogens with one attached hydrogen (secondary N) is 1. The quantitative estimate of drug-likeness (QED) is 0.471. The van der Waals surface area contributed by atoms with Crippen LogP contribution in [-0.2, 0) is 9.63 Å². The second-order valence-electron chi connectivity index (χ2n) is 2.65. The molecule has 0 aromatic heterocycles. The molecule has 6 heteroatoms. The molecule has 0 fully saturated rings. The molecule has 0 radical (unpaired) electrons. The predicted molar refractivity (Wildman–Crippen MR) is 60.2 cm³/mol. The first-order valence-electron chi connectivity index (χ1n) is 4.26. The summed E-state index contributed by atoms with van der Waals surface area (Å²) in [5, 5.41) is 0.686. The number of carbonyl (C=O) groups excluding carboxylic acids is 1. The zero-order valence-corrected chi connectivity index (χ0v) is 9.48. The van der Waals surface area contributed by atoms with Crippen LogP contribution in [0.5, 0.6) is 0 Å². The van der Waals surface area contributed by atoms with Gasteiger partial charge in [0.25, 0.3) is 0 Å². The van der Waals surface area contributed by atoms with Crippen LogP contribution < -0.4 is 11.4 Å². The molecule has 0 saturated heterocycles. The number of hydrazine groups is 1. The van der Waals surface area contributed by atoms with Crippen molar-refractivity contribution in [1.29, 1.82) is 0 Å². The molecule has 0 unspecified atom stereocenters. The summed E-state index contributed by atoms with van der Waals surface area (Å²) in [6, 6.07) is 7.45. The van der Waals surface area contributed by atoms with Gasteiger partial charge in [0.1, 0.15) is 0 Å². The summed E-state index contributed by atoms with van der Waals surface area (Å²) in [5.41, 5.74) is 1.85. The van der Waals surface area contributed by atoms with Crippen LogP contribution in [0.25, 0.3) is 0 Å². The Morgan fingerprint density at radius 3 is 3.07 bits per heavy atom. The van der Waals surface area contributed by atoms with Gasteiger partial charge in [-0.2, -0.15) is 0 Å². The third-order valence-electron chi connectivity index (χ3n) is 1.54. The Kier molecular flexibility index (Phi) is 5.49. The lowest BCUT2D eigenvalue weighted by Crippen LogP contribution is -2.26. The van der Waals surface area contributed by atoms with Gasteiger partial charge < -0.3 is 4.84 Å². The highest BCUT2D eigenvalue weighted by atomic mass is 35.5. The van der Waals surface area contributed by atoms with E-state index in [1.165, 1.54) is 11.8 Å². The van der Waals surface area contributed by atoms with Crippen LogP contribution >= 0.6 is 23.4 Å². The highest BCUT2D eigenvalue weighted by Crippen LogP contribution is 2.22. The Bertz CT molecular complexity index is 336. The van der Waals surface area contributed by atoms with Gasteiger partial charge in [0, 0.05) is 15.7 Å². The van der Waals surface area contributed by atoms with Crippen LogP contribution in [0.2, 0.25) is 5.02 Å². The third kappa shape index (κ3) is 5.03. The number of nitrogens with two attached hydrogens (primary N) is 1. The van der Waals surface area contributed by atoms with Crippen LogP contribution in [-0.4, -0.2) is 11.7 Å². The second kappa shape index (κ2) is 6.68. The maximum atomic E-state index is 10.9. The minimum Gasteiger partial charge on any atom is -0.356 e. The minimum absolute atomic E-state index is 0.293. The number of carbonyl (C=O) groups is 1. The monoisotopic (exact) mass is 246 g/mol. The molecule has 3 N–H and O–H groups in total. The fraction of sp³-hybridized carbons (Fsp3) is 0.222. The third-order valence-corrected chi connectivity index (χ3v) is 2.77. The number of hydrogen-bond acceptors (Lipinski definition) is 5. The zero-order valence-electron chi connectivity index (χ0n) is 7.90. The Morgan fingerprint density at radius 2 is 2.40 bits per heavy atom. The molecule has 1 rings (SSSR count). The fourth-order valence-corrected chi connectivity index (χ4v) is 2.07. The van der Waals surface area contributed by atoms with Gasteiger partial charge in [-0.05, 0) is 18.2 Å². The first-order valence-corrected chi connectivity index (χ1v) is 5.62. The molecule has 0 saturated carbocycles. The summed E-state index contributed by atoms with van der Waals surface area (Å²) in [7, 11) is 0. The van der Waals surface area contributed by atoms with E-state index in [4.69, 9.17) is 17.4 Å². The highest BCUT2D eigenvalue weighted by molar-refractivity contribution is 7.99. The molecule has 0 aliphatic rings. The summed E-state index contributed by atoms with van der Waals surface area (Å²) in [5.74, 6) is 5.06. The van der Waals surface area contributed by atoms with Crippen molar-refractivity contribution in [2.75, 3.05) is 5.75 Å². The van der Waals surface area contributed by atoms with Crippen molar-refractivity contribution in [2.45, 2.75) is 11.3 Å². The van der Waals surface area contributed by atoms with Gasteiger partial charge in [0.2, 0.25) is 0 Å². The summed E-state index contributed by atoms with van der Waals surface area (Å²) < 4.78 is 0. The largest absolute Gasteiger partial charge is 0.356 e. The van der Waals surface area contributed by atoms with Crippen molar-refractivity contribution in [1.82, 2.24) is 5.59 Å². The Balaban J connectivity index is 2.28. The number of rotatable bonds is 5. The molecule has 0 amide bonds. The van der Waals surface area contributed by atoms with Gasteiger partial charge >= 0.3 is 5.97 Å². The molecule has 0 spiro atoms. The van der Waals surface area contributed by atoms with Crippen molar-refractivity contribution >= 4 is 29.3 Å². The van der Waals surface area contributed by atoms with Gasteiger partial charge in [-0.25, -0.2) is 5.84 Å². The lowest BCUT2D eigenvalue weighted by Gasteiger charge is -2.02. The van der Waals surface area contributed by atoms with Gasteiger partial charge in [0.05, 0.1) is 6.42 Å². The highest BCUT2D eigenvalue weighted by Gasteiger charge is 2.02. The van der Waals surface area contributed by atoms with E-state index in [2.05, 4.69) is 4.84 Å². The van der Waals surface area contributed by atoms with E-state index in [1.54, 1.807) is 6.07 Å². The molecule has 0 aliphatic carbocycles. The van der Waals surface area contributed by atoms with E-state index in [9.17, 15) is 4.79 Å². The molecule has 0 atom stereocenters. The lowest BCUT2D eigenvalue weighted by molar-refractivity contribution is -0.150. The molecule has 82 valence electrons. The van der Waals surface area contributed by atoms with E-state index in [-0.39, 0.29) is 5.97 Å². The Hall–Kier alpha value is -0.750. The number of benzene rings is 1. The van der Waals surface area contributed by atoms with Crippen molar-refractivity contribution in [3.05, 3.63) is 29.3 Å². The first kappa shape index (κ1) is 12.3. The van der Waals surface area contributed by atoms with Crippen molar-refractivity contribution in [2.24, 2.45) is 5.84 Å². The van der Waals surface area contributed by atoms with E-state index in [0.717, 1.165) is 4.90 Å². The minimum atomic E-state index is -0.382. The topological polar surface area (TPSA) is 64.3 Å². The van der Waals surface area contributed by atoms with E-state index in [0.29, 0.717) is 17.2 Å². The average molecular weight is 247 g/mol.